The Morgan fingerprint density at radius 3 is 2.37 bits per heavy atom. The quantitative estimate of drug-likeness (QED) is 0.532. The van der Waals surface area contributed by atoms with Crippen LogP contribution in [0.4, 0.5) is 0 Å². The zero-order valence-electron chi connectivity index (χ0n) is 17.2. The fourth-order valence-corrected chi connectivity index (χ4v) is 3.94. The molecular formula is C22H26BrClN4O2. The van der Waals surface area contributed by atoms with Crippen LogP contribution in [0.5, 0.6) is 0 Å². The molecule has 4 rings (SSSR count). The molecule has 0 aliphatic carbocycles. The van der Waals surface area contributed by atoms with E-state index in [9.17, 15) is 4.79 Å². The summed E-state index contributed by atoms with van der Waals surface area (Å²) in [6.45, 7) is 8.57. The summed E-state index contributed by atoms with van der Waals surface area (Å²) < 4.78 is 8.74. The molecule has 30 heavy (non-hydrogen) atoms. The summed E-state index contributed by atoms with van der Waals surface area (Å²) in [5.74, 6) is 1.09. The van der Waals surface area contributed by atoms with Crippen LogP contribution in [-0.4, -0.2) is 51.7 Å². The Balaban J connectivity index is 0.00000256. The Labute approximate surface area is 191 Å². The molecule has 0 bridgehead atoms. The number of amides is 1. The number of piperazine rings is 1. The van der Waals surface area contributed by atoms with Crippen LogP contribution < -0.4 is 0 Å². The van der Waals surface area contributed by atoms with E-state index >= 15 is 0 Å². The van der Waals surface area contributed by atoms with Gasteiger partial charge in [-0.2, -0.15) is 5.10 Å². The Kier molecular flexibility index (Phi) is 7.39. The first-order valence-electron chi connectivity index (χ1n) is 9.85. The molecule has 0 saturated carbocycles. The zero-order valence-corrected chi connectivity index (χ0v) is 19.6. The van der Waals surface area contributed by atoms with Gasteiger partial charge in [-0.3, -0.25) is 14.4 Å². The number of rotatable bonds is 5. The van der Waals surface area contributed by atoms with Crippen LogP contribution in [0.3, 0.4) is 0 Å². The van der Waals surface area contributed by atoms with Crippen molar-refractivity contribution in [1.82, 2.24) is 19.6 Å². The minimum Gasteiger partial charge on any atom is -0.454 e. The van der Waals surface area contributed by atoms with Gasteiger partial charge >= 0.3 is 0 Å². The highest BCUT2D eigenvalue weighted by molar-refractivity contribution is 9.10. The van der Waals surface area contributed by atoms with Crippen LogP contribution in [0.15, 0.2) is 51.4 Å². The van der Waals surface area contributed by atoms with Crippen molar-refractivity contribution in [3.8, 4) is 0 Å². The molecule has 3 heterocycles. The molecule has 160 valence electrons. The molecule has 1 saturated heterocycles. The van der Waals surface area contributed by atoms with Crippen LogP contribution in [0.1, 0.15) is 33.3 Å². The number of aromatic nitrogens is 2. The number of furan rings is 1. The van der Waals surface area contributed by atoms with Crippen LogP contribution >= 0.6 is 28.3 Å². The van der Waals surface area contributed by atoms with Gasteiger partial charge in [-0.1, -0.05) is 30.3 Å². The lowest BCUT2D eigenvalue weighted by Gasteiger charge is -2.34. The number of carbonyl (C=O) groups is 1. The number of carbonyl (C=O) groups excluding carboxylic acids is 1. The predicted molar refractivity (Wildman–Crippen MR) is 122 cm³/mol. The molecule has 1 fully saturated rings. The number of hydrogen-bond donors (Lipinski definition) is 0. The second-order valence-corrected chi connectivity index (χ2v) is 8.26. The molecule has 1 aliphatic rings. The molecule has 1 aromatic carbocycles. The maximum absolute atomic E-state index is 12.8. The molecule has 1 amide bonds. The van der Waals surface area contributed by atoms with Crippen molar-refractivity contribution in [3.05, 3.63) is 75.4 Å². The third kappa shape index (κ3) is 4.96. The van der Waals surface area contributed by atoms with Crippen LogP contribution in [0, 0.1) is 13.8 Å². The van der Waals surface area contributed by atoms with E-state index in [1.165, 1.54) is 5.56 Å². The van der Waals surface area contributed by atoms with E-state index in [0.717, 1.165) is 41.3 Å². The largest absolute Gasteiger partial charge is 0.454 e. The summed E-state index contributed by atoms with van der Waals surface area (Å²) in [7, 11) is 0. The third-order valence-electron chi connectivity index (χ3n) is 5.38. The number of halogens is 2. The Morgan fingerprint density at radius 1 is 1.03 bits per heavy atom. The molecule has 0 N–H and O–H groups in total. The van der Waals surface area contributed by atoms with E-state index in [1.54, 1.807) is 6.07 Å². The fraction of sp³-hybridized carbons (Fsp3) is 0.364. The molecule has 2 aromatic heterocycles. The van der Waals surface area contributed by atoms with Gasteiger partial charge in [0.1, 0.15) is 5.76 Å². The monoisotopic (exact) mass is 492 g/mol. The standard InChI is InChI=1S/C22H25BrN4O2.ClH/c1-16-21(23)17(2)27(24-16)15-19-8-9-20(29-19)22(28)26-12-10-25(11-13-26)14-18-6-4-3-5-7-18;/h3-9H,10-15H2,1-2H3;1H. The van der Waals surface area contributed by atoms with Crippen LogP contribution in [0.25, 0.3) is 0 Å². The van der Waals surface area contributed by atoms with Crippen molar-refractivity contribution < 1.29 is 9.21 Å². The molecule has 3 aromatic rings. The zero-order chi connectivity index (χ0) is 20.4. The SMILES string of the molecule is Cc1nn(Cc2ccc(C(=O)N3CCN(Cc4ccccc4)CC3)o2)c(C)c1Br.Cl. The molecule has 0 atom stereocenters. The molecule has 1 aliphatic heterocycles. The van der Waals surface area contributed by atoms with Gasteiger partial charge in [-0.05, 0) is 47.5 Å². The Bertz CT molecular complexity index is 994. The van der Waals surface area contributed by atoms with Gasteiger partial charge in [0.15, 0.2) is 5.76 Å². The van der Waals surface area contributed by atoms with Crippen molar-refractivity contribution >= 4 is 34.2 Å². The second-order valence-electron chi connectivity index (χ2n) is 7.46. The second kappa shape index (κ2) is 9.81. The van der Waals surface area contributed by atoms with Crippen molar-refractivity contribution in [2.45, 2.75) is 26.9 Å². The molecule has 0 spiro atoms. The third-order valence-corrected chi connectivity index (χ3v) is 6.53. The van der Waals surface area contributed by atoms with Gasteiger partial charge in [-0.15, -0.1) is 12.4 Å². The summed E-state index contributed by atoms with van der Waals surface area (Å²) in [6.07, 6.45) is 0. The number of aryl methyl sites for hydroxylation is 1. The van der Waals surface area contributed by atoms with Crippen molar-refractivity contribution in [2.75, 3.05) is 26.2 Å². The molecule has 0 radical (unpaired) electrons. The number of hydrogen-bond acceptors (Lipinski definition) is 4. The van der Waals surface area contributed by atoms with E-state index < -0.39 is 0 Å². The van der Waals surface area contributed by atoms with E-state index in [-0.39, 0.29) is 18.3 Å². The summed E-state index contributed by atoms with van der Waals surface area (Å²) in [6, 6.07) is 14.1. The van der Waals surface area contributed by atoms with Crippen LogP contribution in [0.2, 0.25) is 0 Å². The lowest BCUT2D eigenvalue weighted by Crippen LogP contribution is -2.48. The van der Waals surface area contributed by atoms with E-state index in [2.05, 4.69) is 50.2 Å². The summed E-state index contributed by atoms with van der Waals surface area (Å²) in [5, 5.41) is 4.50. The first-order valence-corrected chi connectivity index (χ1v) is 10.6. The molecule has 8 heteroatoms. The van der Waals surface area contributed by atoms with Gasteiger partial charge in [0.25, 0.3) is 5.91 Å². The van der Waals surface area contributed by atoms with Gasteiger partial charge < -0.3 is 9.32 Å². The lowest BCUT2D eigenvalue weighted by molar-refractivity contribution is 0.0596. The summed E-state index contributed by atoms with van der Waals surface area (Å²) >= 11 is 3.54. The smallest absolute Gasteiger partial charge is 0.289 e. The van der Waals surface area contributed by atoms with Gasteiger partial charge in [-0.25, -0.2) is 0 Å². The Morgan fingerprint density at radius 2 is 1.73 bits per heavy atom. The minimum atomic E-state index is -0.0369. The highest BCUT2D eigenvalue weighted by Crippen LogP contribution is 2.21. The summed E-state index contributed by atoms with van der Waals surface area (Å²) in [5.41, 5.74) is 3.29. The maximum Gasteiger partial charge on any atom is 0.289 e. The topological polar surface area (TPSA) is 54.5 Å². The van der Waals surface area contributed by atoms with Crippen LogP contribution in [-0.2, 0) is 13.1 Å². The first-order chi connectivity index (χ1) is 14.0. The van der Waals surface area contributed by atoms with Crippen molar-refractivity contribution in [2.24, 2.45) is 0 Å². The highest BCUT2D eigenvalue weighted by Gasteiger charge is 2.24. The molecule has 6 nitrogen and oxygen atoms in total. The Hall–Kier alpha value is -2.09. The van der Waals surface area contributed by atoms with Gasteiger partial charge in [0.2, 0.25) is 0 Å². The van der Waals surface area contributed by atoms with E-state index in [1.807, 2.05) is 35.6 Å². The maximum atomic E-state index is 12.8. The van der Waals surface area contributed by atoms with Crippen molar-refractivity contribution in [3.63, 3.8) is 0 Å². The highest BCUT2D eigenvalue weighted by atomic mass is 79.9. The van der Waals surface area contributed by atoms with E-state index in [0.29, 0.717) is 25.4 Å². The predicted octanol–water partition coefficient (Wildman–Crippen LogP) is 4.28. The average molecular weight is 494 g/mol. The van der Waals surface area contributed by atoms with Gasteiger partial charge in [0.05, 0.1) is 22.4 Å². The average Bonchev–Trinajstić information content (AvgIpc) is 3.30. The first kappa shape index (κ1) is 22.6. The lowest BCUT2D eigenvalue weighted by atomic mass is 10.2. The number of benzene rings is 1. The summed E-state index contributed by atoms with van der Waals surface area (Å²) in [4.78, 5) is 17.1. The molecular weight excluding hydrogens is 468 g/mol. The van der Waals surface area contributed by atoms with Gasteiger partial charge in [0, 0.05) is 32.7 Å². The fourth-order valence-electron chi connectivity index (χ4n) is 3.66. The minimum absolute atomic E-state index is 0. The van der Waals surface area contributed by atoms with Crippen molar-refractivity contribution in [1.29, 1.82) is 0 Å². The number of nitrogens with zero attached hydrogens (tertiary/aromatic N) is 4. The molecule has 0 unspecified atom stereocenters. The van der Waals surface area contributed by atoms with E-state index in [4.69, 9.17) is 4.42 Å². The normalized spacial score (nSPS) is 14.6.